The predicted molar refractivity (Wildman–Crippen MR) is 80.8 cm³/mol. The lowest BCUT2D eigenvalue weighted by Gasteiger charge is -2.12. The lowest BCUT2D eigenvalue weighted by Crippen LogP contribution is -2.85. The van der Waals surface area contributed by atoms with Crippen LogP contribution in [0.25, 0.3) is 0 Å². The van der Waals surface area contributed by atoms with Crippen LogP contribution in [0, 0.1) is 11.3 Å². The summed E-state index contributed by atoms with van der Waals surface area (Å²) in [6.07, 6.45) is 1.49. The molecule has 7 heteroatoms. The molecule has 1 aromatic rings. The Bertz CT molecular complexity index is 795. The van der Waals surface area contributed by atoms with Crippen LogP contribution in [0.4, 0.5) is 0 Å². The van der Waals surface area contributed by atoms with Crippen molar-refractivity contribution in [1.29, 1.82) is 5.26 Å². The molecule has 0 aliphatic carbocycles. The lowest BCUT2D eigenvalue weighted by atomic mass is 10.1. The zero-order valence-corrected chi connectivity index (χ0v) is 13.2. The average Bonchev–Trinajstić information content (AvgIpc) is 2.77. The lowest BCUT2D eigenvalue weighted by molar-refractivity contribution is -0.618. The third-order valence-corrected chi connectivity index (χ3v) is 3.63. The van der Waals surface area contributed by atoms with Crippen LogP contribution in [0.15, 0.2) is 47.2 Å². The van der Waals surface area contributed by atoms with E-state index in [1.165, 1.54) is 13.0 Å². The zero-order chi connectivity index (χ0) is 17.9. The molecule has 122 valence electrons. The summed E-state index contributed by atoms with van der Waals surface area (Å²) >= 11 is 0. The van der Waals surface area contributed by atoms with Gasteiger partial charge in [-0.3, -0.25) is 9.59 Å². The summed E-state index contributed by atoms with van der Waals surface area (Å²) in [6.45, 7) is 3.23. The maximum Gasteiger partial charge on any atom is 0.266 e. The molecule has 0 spiro atoms. The molecule has 2 rings (SSSR count). The fourth-order valence-electron chi connectivity index (χ4n) is 2.41. The van der Waals surface area contributed by atoms with Gasteiger partial charge < -0.3 is 15.2 Å². The maximum atomic E-state index is 12.2. The topological polar surface area (TPSA) is 118 Å². The number of imide groups is 1. The van der Waals surface area contributed by atoms with E-state index in [0.29, 0.717) is 16.8 Å². The van der Waals surface area contributed by atoms with Crippen LogP contribution in [0.3, 0.4) is 0 Å². The summed E-state index contributed by atoms with van der Waals surface area (Å²) in [4.78, 5) is 36.3. The van der Waals surface area contributed by atoms with Crippen molar-refractivity contribution < 1.29 is 24.8 Å². The van der Waals surface area contributed by atoms with Gasteiger partial charge in [-0.1, -0.05) is 12.1 Å². The number of hydrogen-bond donors (Lipinski definition) is 1. The molecule has 0 radical (unpaired) electrons. The number of carbonyl (C=O) groups is 3. The summed E-state index contributed by atoms with van der Waals surface area (Å²) in [5.41, 5.74) is 1.16. The molecular weight excluding hydrogens is 310 g/mol. The molecule has 1 aromatic carbocycles. The number of hydrogen-bond acceptors (Lipinski definition) is 5. The number of quaternary nitrogens is 1. The summed E-state index contributed by atoms with van der Waals surface area (Å²) in [5.74, 6) is -2.27. The Morgan fingerprint density at radius 1 is 1.25 bits per heavy atom. The monoisotopic (exact) mass is 325 g/mol. The number of allylic oxidation sites excluding steroid dienone is 3. The smallest absolute Gasteiger partial charge is 0.266 e. The van der Waals surface area contributed by atoms with Crippen molar-refractivity contribution in [2.24, 2.45) is 0 Å². The van der Waals surface area contributed by atoms with Gasteiger partial charge in [0.1, 0.15) is 11.8 Å². The van der Waals surface area contributed by atoms with Gasteiger partial charge in [0.05, 0.1) is 22.7 Å². The van der Waals surface area contributed by atoms with Gasteiger partial charge >= 0.3 is 0 Å². The number of carboxylic acid groups (broad SMARTS) is 1. The van der Waals surface area contributed by atoms with Crippen molar-refractivity contribution >= 4 is 17.8 Å². The molecule has 0 saturated heterocycles. The number of nitrogens with zero attached hydrogens (tertiary/aromatic N) is 2. The largest absolute Gasteiger partial charge is 0.544 e. The second kappa shape index (κ2) is 6.89. The summed E-state index contributed by atoms with van der Waals surface area (Å²) in [5, 5.41) is 21.2. The van der Waals surface area contributed by atoms with E-state index in [0.717, 1.165) is 4.90 Å². The number of benzene rings is 1. The minimum Gasteiger partial charge on any atom is -0.544 e. The summed E-state index contributed by atoms with van der Waals surface area (Å²) in [6, 6.07) is 8.16. The van der Waals surface area contributed by atoms with E-state index in [4.69, 9.17) is 5.26 Å². The molecule has 24 heavy (non-hydrogen) atoms. The van der Waals surface area contributed by atoms with Gasteiger partial charge in [-0.2, -0.15) is 5.26 Å². The molecule has 0 atom stereocenters. The minimum absolute atomic E-state index is 0.0647. The van der Waals surface area contributed by atoms with Crippen LogP contribution < -0.4 is 10.4 Å². The van der Waals surface area contributed by atoms with Gasteiger partial charge in [0.25, 0.3) is 11.8 Å². The van der Waals surface area contributed by atoms with Crippen LogP contribution in [0.1, 0.15) is 34.6 Å². The number of aliphatic carboxylic acids is 1. The highest BCUT2D eigenvalue weighted by Gasteiger charge is 2.35. The Labute approximate surface area is 138 Å². The molecule has 0 saturated carbocycles. The van der Waals surface area contributed by atoms with E-state index < -0.39 is 11.5 Å². The van der Waals surface area contributed by atoms with Gasteiger partial charge in [0.15, 0.2) is 6.67 Å². The molecule has 0 bridgehead atoms. The van der Waals surface area contributed by atoms with E-state index in [2.05, 4.69) is 0 Å². The van der Waals surface area contributed by atoms with Crippen molar-refractivity contribution in [3.05, 3.63) is 58.3 Å². The predicted octanol–water partition coefficient (Wildman–Crippen LogP) is -0.703. The van der Waals surface area contributed by atoms with Crippen molar-refractivity contribution in [2.45, 2.75) is 13.8 Å². The maximum absolute atomic E-state index is 12.2. The Kier molecular flexibility index (Phi) is 4.92. The Hall–Kier alpha value is -3.24. The highest BCUT2D eigenvalue weighted by Crippen LogP contribution is 2.21. The van der Waals surface area contributed by atoms with Crippen LogP contribution in [-0.2, 0) is 4.79 Å². The van der Waals surface area contributed by atoms with Crippen molar-refractivity contribution in [3.8, 4) is 6.07 Å². The molecule has 2 N–H and O–H groups in total. The molecule has 1 aliphatic heterocycles. The molecule has 1 aliphatic rings. The first-order chi connectivity index (χ1) is 11.4. The zero-order valence-electron chi connectivity index (χ0n) is 13.2. The van der Waals surface area contributed by atoms with Gasteiger partial charge in [-0.15, -0.1) is 0 Å². The van der Waals surface area contributed by atoms with Gasteiger partial charge in [0.2, 0.25) is 0 Å². The first-order valence-electron chi connectivity index (χ1n) is 7.16. The molecule has 0 fully saturated rings. The van der Waals surface area contributed by atoms with Gasteiger partial charge in [-0.25, -0.2) is 4.90 Å². The van der Waals surface area contributed by atoms with Crippen LogP contribution >= 0.6 is 0 Å². The second-order valence-electron chi connectivity index (χ2n) is 5.32. The van der Waals surface area contributed by atoms with Crippen molar-refractivity contribution in [1.82, 2.24) is 4.90 Å². The Balaban J connectivity index is 2.11. The van der Waals surface area contributed by atoms with Crippen LogP contribution in [-0.4, -0.2) is 29.4 Å². The number of carboxylic acids is 1. The standard InChI is InChI=1S/C17H15N3O4/c1-10(14(8-18)17(23)24)7-11(2)19-9-20-15(21)12-5-3-4-6-13(12)16(20)22/h3-7,19H,9H2,1-2H3,(H,23,24)/b11-7+,14-10+. The molecule has 7 nitrogen and oxygen atoms in total. The summed E-state index contributed by atoms with van der Waals surface area (Å²) < 4.78 is 0. The second-order valence-corrected chi connectivity index (χ2v) is 5.32. The van der Waals surface area contributed by atoms with Crippen LogP contribution in [0.2, 0.25) is 0 Å². The number of fused-ring (bicyclic) bond motifs is 1. The molecule has 0 aromatic heterocycles. The van der Waals surface area contributed by atoms with Gasteiger partial charge in [0, 0.05) is 6.92 Å². The third kappa shape index (κ3) is 3.24. The van der Waals surface area contributed by atoms with E-state index in [1.807, 2.05) is 0 Å². The van der Waals surface area contributed by atoms with Crippen molar-refractivity contribution in [3.63, 3.8) is 0 Å². The minimum atomic E-state index is -1.54. The Morgan fingerprint density at radius 2 is 1.79 bits per heavy atom. The Morgan fingerprint density at radius 3 is 2.25 bits per heavy atom. The molecular formula is C17H15N3O4. The number of carbonyl (C=O) groups excluding carboxylic acids is 3. The van der Waals surface area contributed by atoms with Gasteiger partial charge in [-0.05, 0) is 30.7 Å². The van der Waals surface area contributed by atoms with Crippen molar-refractivity contribution in [2.75, 3.05) is 6.67 Å². The highest BCUT2D eigenvalue weighted by atomic mass is 16.4. The fraction of sp³-hybridized carbons (Fsp3) is 0.176. The average molecular weight is 325 g/mol. The molecule has 0 unspecified atom stereocenters. The first kappa shape index (κ1) is 17.1. The normalized spacial score (nSPS) is 15.0. The first-order valence-corrected chi connectivity index (χ1v) is 7.16. The van der Waals surface area contributed by atoms with Crippen LogP contribution in [0.5, 0.6) is 0 Å². The number of nitriles is 1. The van der Waals surface area contributed by atoms with E-state index >= 15 is 0 Å². The van der Waals surface area contributed by atoms with E-state index in [9.17, 15) is 19.5 Å². The molecule has 2 amide bonds. The highest BCUT2D eigenvalue weighted by molar-refractivity contribution is 6.21. The quantitative estimate of drug-likeness (QED) is 0.332. The summed E-state index contributed by atoms with van der Waals surface area (Å²) in [7, 11) is 0. The number of rotatable bonds is 5. The van der Waals surface area contributed by atoms with E-state index in [1.54, 1.807) is 42.6 Å². The number of amides is 2. The molecule has 1 heterocycles. The van der Waals surface area contributed by atoms with E-state index in [-0.39, 0.29) is 24.1 Å². The number of nitrogens with two attached hydrogens (primary N) is 1. The third-order valence-electron chi connectivity index (χ3n) is 3.63. The fourth-order valence-corrected chi connectivity index (χ4v) is 2.41. The SMILES string of the molecule is C/C(=C\C(C)=C(/C#N)C(=O)[O-])[NH2+]CN1C(=O)c2ccccc2C1=O.